The summed E-state index contributed by atoms with van der Waals surface area (Å²) in [5, 5.41) is 3.73. The van der Waals surface area contributed by atoms with Crippen LogP contribution >= 0.6 is 11.3 Å². The van der Waals surface area contributed by atoms with E-state index >= 15 is 0 Å². The zero-order chi connectivity index (χ0) is 14.5. The van der Waals surface area contributed by atoms with Gasteiger partial charge in [-0.3, -0.25) is 0 Å². The minimum Gasteiger partial charge on any atom is -0.464 e. The molecule has 1 aromatic heterocycles. The number of carbonyl (C=O) groups excluding carboxylic acids is 1. The summed E-state index contributed by atoms with van der Waals surface area (Å²) in [4.78, 5) is 16.4. The fourth-order valence-electron chi connectivity index (χ4n) is 1.76. The number of nitrogens with one attached hydrogen (secondary N) is 1. The Morgan fingerprint density at radius 1 is 1.45 bits per heavy atom. The standard InChI is InChI=1S/C14H15FN2O2S/c1-9-12(13(18)19-2)17-14(20-9)16-8-7-10-5-3-4-6-11(10)15/h3-6H,7-8H2,1-2H3,(H,16,17). The van der Waals surface area contributed by atoms with E-state index in [1.165, 1.54) is 24.5 Å². The van der Waals surface area contributed by atoms with Gasteiger partial charge in [0, 0.05) is 11.4 Å². The van der Waals surface area contributed by atoms with Crippen LogP contribution in [0.3, 0.4) is 0 Å². The number of hydrogen-bond donors (Lipinski definition) is 1. The van der Waals surface area contributed by atoms with Crippen LogP contribution in [0.1, 0.15) is 20.9 Å². The normalized spacial score (nSPS) is 10.3. The Morgan fingerprint density at radius 2 is 2.20 bits per heavy atom. The molecule has 2 rings (SSSR count). The highest BCUT2D eigenvalue weighted by molar-refractivity contribution is 7.15. The van der Waals surface area contributed by atoms with Gasteiger partial charge in [0.1, 0.15) is 5.82 Å². The summed E-state index contributed by atoms with van der Waals surface area (Å²) >= 11 is 1.38. The van der Waals surface area contributed by atoms with Crippen molar-refractivity contribution in [3.63, 3.8) is 0 Å². The van der Waals surface area contributed by atoms with E-state index in [0.717, 1.165) is 4.88 Å². The zero-order valence-electron chi connectivity index (χ0n) is 11.3. The lowest BCUT2D eigenvalue weighted by atomic mass is 10.1. The number of thiazole rings is 1. The van der Waals surface area contributed by atoms with Gasteiger partial charge in [-0.1, -0.05) is 18.2 Å². The SMILES string of the molecule is COC(=O)c1nc(NCCc2ccccc2F)sc1C. The van der Waals surface area contributed by atoms with Crippen LogP contribution in [-0.4, -0.2) is 24.6 Å². The number of halogens is 1. The summed E-state index contributed by atoms with van der Waals surface area (Å²) in [5.41, 5.74) is 0.979. The molecule has 20 heavy (non-hydrogen) atoms. The van der Waals surface area contributed by atoms with E-state index in [9.17, 15) is 9.18 Å². The van der Waals surface area contributed by atoms with E-state index in [-0.39, 0.29) is 5.82 Å². The highest BCUT2D eigenvalue weighted by atomic mass is 32.1. The molecule has 0 fully saturated rings. The van der Waals surface area contributed by atoms with Gasteiger partial charge in [-0.2, -0.15) is 0 Å². The summed E-state index contributed by atoms with van der Waals surface area (Å²) in [7, 11) is 1.33. The molecule has 0 aliphatic rings. The van der Waals surface area contributed by atoms with Gasteiger partial charge in [0.25, 0.3) is 0 Å². The Bertz CT molecular complexity index is 613. The van der Waals surface area contributed by atoms with Crippen LogP contribution in [0.25, 0.3) is 0 Å². The molecule has 2 aromatic rings. The number of aryl methyl sites for hydroxylation is 1. The number of rotatable bonds is 5. The first-order chi connectivity index (χ1) is 9.61. The number of esters is 1. The first-order valence-corrected chi connectivity index (χ1v) is 6.96. The predicted octanol–water partition coefficient (Wildman–Crippen LogP) is 3.03. The quantitative estimate of drug-likeness (QED) is 0.861. The van der Waals surface area contributed by atoms with Crippen molar-refractivity contribution in [3.05, 3.63) is 46.2 Å². The topological polar surface area (TPSA) is 51.2 Å². The Morgan fingerprint density at radius 3 is 2.90 bits per heavy atom. The summed E-state index contributed by atoms with van der Waals surface area (Å²) < 4.78 is 18.1. The molecule has 0 amide bonds. The van der Waals surface area contributed by atoms with Gasteiger partial charge < -0.3 is 10.1 Å². The molecule has 0 aliphatic heterocycles. The van der Waals surface area contributed by atoms with Crippen molar-refractivity contribution in [2.24, 2.45) is 0 Å². The number of aromatic nitrogens is 1. The second kappa shape index (κ2) is 6.47. The van der Waals surface area contributed by atoms with E-state index < -0.39 is 5.97 Å². The van der Waals surface area contributed by atoms with Gasteiger partial charge in [0.15, 0.2) is 10.8 Å². The number of anilines is 1. The van der Waals surface area contributed by atoms with Crippen molar-refractivity contribution in [2.45, 2.75) is 13.3 Å². The smallest absolute Gasteiger partial charge is 0.357 e. The van der Waals surface area contributed by atoms with E-state index in [2.05, 4.69) is 15.0 Å². The maximum Gasteiger partial charge on any atom is 0.357 e. The fraction of sp³-hybridized carbons (Fsp3) is 0.286. The van der Waals surface area contributed by atoms with Crippen LogP contribution in [-0.2, 0) is 11.2 Å². The molecule has 0 atom stereocenters. The number of nitrogens with zero attached hydrogens (tertiary/aromatic N) is 1. The third-order valence-corrected chi connectivity index (χ3v) is 3.73. The second-order valence-electron chi connectivity index (χ2n) is 4.18. The summed E-state index contributed by atoms with van der Waals surface area (Å²) in [6, 6.07) is 6.67. The molecule has 1 heterocycles. The maximum atomic E-state index is 13.4. The van der Waals surface area contributed by atoms with Crippen LogP contribution in [0, 0.1) is 12.7 Å². The Kier molecular flexibility index (Phi) is 4.68. The number of benzene rings is 1. The van der Waals surface area contributed by atoms with Gasteiger partial charge in [-0.25, -0.2) is 14.2 Å². The lowest BCUT2D eigenvalue weighted by Crippen LogP contribution is -2.07. The first kappa shape index (κ1) is 14.5. The molecule has 0 radical (unpaired) electrons. The highest BCUT2D eigenvalue weighted by Gasteiger charge is 2.15. The van der Waals surface area contributed by atoms with Gasteiger partial charge in [0.05, 0.1) is 7.11 Å². The van der Waals surface area contributed by atoms with Gasteiger partial charge >= 0.3 is 5.97 Å². The van der Waals surface area contributed by atoms with Crippen LogP contribution in [0.4, 0.5) is 9.52 Å². The lowest BCUT2D eigenvalue weighted by Gasteiger charge is -2.03. The van der Waals surface area contributed by atoms with Gasteiger partial charge in [-0.15, -0.1) is 11.3 Å². The largest absolute Gasteiger partial charge is 0.464 e. The molecule has 4 nitrogen and oxygen atoms in total. The molecule has 0 aliphatic carbocycles. The molecule has 0 spiro atoms. The molecule has 106 valence electrons. The molecule has 0 saturated carbocycles. The number of carbonyl (C=O) groups is 1. The van der Waals surface area contributed by atoms with Crippen LogP contribution in [0.15, 0.2) is 24.3 Å². The molecule has 0 saturated heterocycles. The van der Waals surface area contributed by atoms with Crippen molar-refractivity contribution in [1.82, 2.24) is 4.98 Å². The third-order valence-electron chi connectivity index (χ3n) is 2.80. The molecule has 1 N–H and O–H groups in total. The second-order valence-corrected chi connectivity index (χ2v) is 5.39. The molecule has 0 bridgehead atoms. The van der Waals surface area contributed by atoms with E-state index in [0.29, 0.717) is 29.4 Å². The van der Waals surface area contributed by atoms with Crippen molar-refractivity contribution in [1.29, 1.82) is 0 Å². The lowest BCUT2D eigenvalue weighted by molar-refractivity contribution is 0.0594. The minimum atomic E-state index is -0.444. The Hall–Kier alpha value is -1.95. The molecule has 6 heteroatoms. The Labute approximate surface area is 120 Å². The molecular weight excluding hydrogens is 279 g/mol. The number of ether oxygens (including phenoxy) is 1. The molecule has 1 aromatic carbocycles. The van der Waals surface area contributed by atoms with Crippen LogP contribution in [0.5, 0.6) is 0 Å². The maximum absolute atomic E-state index is 13.4. The predicted molar refractivity (Wildman–Crippen MR) is 76.8 cm³/mol. The van der Waals surface area contributed by atoms with Crippen molar-refractivity contribution in [3.8, 4) is 0 Å². The average Bonchev–Trinajstić information content (AvgIpc) is 2.81. The minimum absolute atomic E-state index is 0.208. The van der Waals surface area contributed by atoms with E-state index in [1.807, 2.05) is 6.92 Å². The number of methoxy groups -OCH3 is 1. The Balaban J connectivity index is 1.95. The van der Waals surface area contributed by atoms with Crippen molar-refractivity contribution >= 4 is 22.4 Å². The van der Waals surface area contributed by atoms with Crippen LogP contribution < -0.4 is 5.32 Å². The third kappa shape index (κ3) is 3.33. The van der Waals surface area contributed by atoms with Crippen molar-refractivity contribution in [2.75, 3.05) is 19.0 Å². The first-order valence-electron chi connectivity index (χ1n) is 6.15. The van der Waals surface area contributed by atoms with E-state index in [1.54, 1.807) is 18.2 Å². The monoisotopic (exact) mass is 294 g/mol. The number of hydrogen-bond acceptors (Lipinski definition) is 5. The zero-order valence-corrected chi connectivity index (χ0v) is 12.1. The van der Waals surface area contributed by atoms with Gasteiger partial charge in [-0.05, 0) is 25.0 Å². The van der Waals surface area contributed by atoms with Gasteiger partial charge in [0.2, 0.25) is 0 Å². The highest BCUT2D eigenvalue weighted by Crippen LogP contribution is 2.22. The van der Waals surface area contributed by atoms with E-state index in [4.69, 9.17) is 0 Å². The molecular formula is C14H15FN2O2S. The summed E-state index contributed by atoms with van der Waals surface area (Å²) in [5.74, 6) is -0.652. The summed E-state index contributed by atoms with van der Waals surface area (Å²) in [6.07, 6.45) is 0.554. The average molecular weight is 294 g/mol. The summed E-state index contributed by atoms with van der Waals surface area (Å²) in [6.45, 7) is 2.36. The van der Waals surface area contributed by atoms with Crippen molar-refractivity contribution < 1.29 is 13.9 Å². The fourth-order valence-corrected chi connectivity index (χ4v) is 2.59. The van der Waals surface area contributed by atoms with Crippen LogP contribution in [0.2, 0.25) is 0 Å². The molecule has 0 unspecified atom stereocenters.